The third-order valence-corrected chi connectivity index (χ3v) is 3.65. The minimum atomic E-state index is -0.659. The molecule has 0 amide bonds. The molecule has 0 aromatic carbocycles. The fourth-order valence-corrected chi connectivity index (χ4v) is 2.49. The topological polar surface area (TPSA) is 40.2 Å². The first kappa shape index (κ1) is 15.0. The summed E-state index contributed by atoms with van der Waals surface area (Å²) < 4.78 is 27.1. The van der Waals surface area contributed by atoms with E-state index in [9.17, 15) is 8.78 Å². The molecule has 1 fully saturated rings. The lowest BCUT2D eigenvalue weighted by atomic mass is 10.1. The van der Waals surface area contributed by atoms with E-state index in [2.05, 4.69) is 27.4 Å². The van der Waals surface area contributed by atoms with Crippen LogP contribution in [0.25, 0.3) is 0 Å². The summed E-state index contributed by atoms with van der Waals surface area (Å²) in [7, 11) is 0. The first-order chi connectivity index (χ1) is 9.63. The molecule has 0 saturated carbocycles. The number of hydrogen-bond donors (Lipinski definition) is 2. The zero-order valence-electron chi connectivity index (χ0n) is 12.0. The highest BCUT2D eigenvalue weighted by molar-refractivity contribution is 5.47. The molecule has 1 aliphatic rings. The summed E-state index contributed by atoms with van der Waals surface area (Å²) in [5.74, 6) is -0.596. The number of likely N-dealkylation sites (tertiary alicyclic amines) is 1. The summed E-state index contributed by atoms with van der Waals surface area (Å²) in [6.07, 6.45) is 1.10. The average Bonchev–Trinajstić information content (AvgIpc) is 2.88. The van der Waals surface area contributed by atoms with Gasteiger partial charge in [0.15, 0.2) is 23.3 Å². The summed E-state index contributed by atoms with van der Waals surface area (Å²) in [4.78, 5) is 6.34. The van der Waals surface area contributed by atoms with Gasteiger partial charge in [-0.1, -0.05) is 6.92 Å². The van der Waals surface area contributed by atoms with Crippen LogP contribution in [0.2, 0.25) is 0 Å². The molecule has 2 rings (SSSR count). The maximum absolute atomic E-state index is 13.7. The molecule has 112 valence electrons. The van der Waals surface area contributed by atoms with Crippen LogP contribution in [-0.4, -0.2) is 42.6 Å². The Morgan fingerprint density at radius 2 is 1.95 bits per heavy atom. The van der Waals surface area contributed by atoms with Gasteiger partial charge >= 0.3 is 0 Å². The quantitative estimate of drug-likeness (QED) is 0.842. The van der Waals surface area contributed by atoms with Crippen LogP contribution >= 0.6 is 0 Å². The lowest BCUT2D eigenvalue weighted by Crippen LogP contribution is -2.23. The second-order valence-electron chi connectivity index (χ2n) is 5.11. The highest BCUT2D eigenvalue weighted by Crippen LogP contribution is 2.21. The minimum absolute atomic E-state index is 0.0954. The number of nitrogens with one attached hydrogen (secondary N) is 2. The van der Waals surface area contributed by atoms with Gasteiger partial charge in [-0.05, 0) is 32.4 Å². The lowest BCUT2D eigenvalue weighted by molar-refractivity contribution is 0.345. The van der Waals surface area contributed by atoms with Crippen LogP contribution in [0.3, 0.4) is 0 Å². The van der Waals surface area contributed by atoms with Crippen molar-refractivity contribution in [1.29, 1.82) is 0 Å². The lowest BCUT2D eigenvalue weighted by Gasteiger charge is -2.15. The Labute approximate surface area is 118 Å². The molecule has 1 saturated heterocycles. The molecular formula is C14H22F2N4. The molecule has 1 unspecified atom stereocenters. The number of hydrogen-bond acceptors (Lipinski definition) is 4. The SMILES string of the molecule is CCNc1nc(NCC2CCN(CC)C2)c(F)cc1F. The average molecular weight is 284 g/mol. The van der Waals surface area contributed by atoms with Gasteiger partial charge in [-0.3, -0.25) is 0 Å². The van der Waals surface area contributed by atoms with Crippen LogP contribution in [0.4, 0.5) is 20.4 Å². The normalized spacial score (nSPS) is 19.3. The number of aromatic nitrogens is 1. The third-order valence-electron chi connectivity index (χ3n) is 3.65. The predicted molar refractivity (Wildman–Crippen MR) is 77.0 cm³/mol. The highest BCUT2D eigenvalue weighted by atomic mass is 19.1. The van der Waals surface area contributed by atoms with Gasteiger partial charge in [-0.25, -0.2) is 13.8 Å². The van der Waals surface area contributed by atoms with E-state index >= 15 is 0 Å². The third kappa shape index (κ3) is 3.56. The first-order valence-electron chi connectivity index (χ1n) is 7.20. The van der Waals surface area contributed by atoms with E-state index in [0.717, 1.165) is 32.1 Å². The standard InChI is InChI=1S/C14H22F2N4/c1-3-17-13-11(15)7-12(16)14(19-13)18-8-10-5-6-20(4-2)9-10/h7,10H,3-6,8-9H2,1-2H3,(H2,17,18,19). The Bertz CT molecular complexity index is 453. The molecule has 2 N–H and O–H groups in total. The van der Waals surface area contributed by atoms with Crippen LogP contribution in [0.1, 0.15) is 20.3 Å². The maximum Gasteiger partial charge on any atom is 0.168 e. The van der Waals surface area contributed by atoms with Gasteiger partial charge < -0.3 is 15.5 Å². The molecule has 1 aromatic heterocycles. The molecule has 4 nitrogen and oxygen atoms in total. The van der Waals surface area contributed by atoms with E-state index in [1.165, 1.54) is 0 Å². The molecule has 6 heteroatoms. The molecule has 1 aromatic rings. The van der Waals surface area contributed by atoms with Crippen molar-refractivity contribution < 1.29 is 8.78 Å². The van der Waals surface area contributed by atoms with E-state index in [1.807, 2.05) is 6.92 Å². The van der Waals surface area contributed by atoms with Gasteiger partial charge in [0, 0.05) is 25.7 Å². The summed E-state index contributed by atoms with van der Waals surface area (Å²) in [6.45, 7) is 8.34. The largest absolute Gasteiger partial charge is 0.368 e. The molecule has 2 heterocycles. The summed E-state index contributed by atoms with van der Waals surface area (Å²) in [5.41, 5.74) is 0. The summed E-state index contributed by atoms with van der Waals surface area (Å²) in [6, 6.07) is 0.875. The predicted octanol–water partition coefficient (Wildman–Crippen LogP) is 2.55. The molecule has 1 atom stereocenters. The van der Waals surface area contributed by atoms with Gasteiger partial charge in [0.05, 0.1) is 0 Å². The van der Waals surface area contributed by atoms with Gasteiger partial charge in [-0.15, -0.1) is 0 Å². The fourth-order valence-electron chi connectivity index (χ4n) is 2.49. The molecule has 1 aliphatic heterocycles. The summed E-state index contributed by atoms with van der Waals surface area (Å²) >= 11 is 0. The van der Waals surface area contributed by atoms with Crippen molar-refractivity contribution in [2.75, 3.05) is 43.4 Å². The van der Waals surface area contributed by atoms with Crippen molar-refractivity contribution >= 4 is 11.6 Å². The van der Waals surface area contributed by atoms with Crippen LogP contribution in [0, 0.1) is 17.6 Å². The van der Waals surface area contributed by atoms with Crippen LogP contribution < -0.4 is 10.6 Å². The Hall–Kier alpha value is -1.43. The highest BCUT2D eigenvalue weighted by Gasteiger charge is 2.21. The Morgan fingerprint density at radius 1 is 1.25 bits per heavy atom. The van der Waals surface area contributed by atoms with Crippen LogP contribution in [0.5, 0.6) is 0 Å². The summed E-state index contributed by atoms with van der Waals surface area (Å²) in [5, 5.41) is 5.79. The molecule has 0 bridgehead atoms. The van der Waals surface area contributed by atoms with Gasteiger partial charge in [0.25, 0.3) is 0 Å². The van der Waals surface area contributed by atoms with Crippen LogP contribution in [-0.2, 0) is 0 Å². The smallest absolute Gasteiger partial charge is 0.168 e. The van der Waals surface area contributed by atoms with Crippen molar-refractivity contribution in [3.8, 4) is 0 Å². The van der Waals surface area contributed by atoms with E-state index in [-0.39, 0.29) is 11.6 Å². The van der Waals surface area contributed by atoms with Crippen molar-refractivity contribution in [3.05, 3.63) is 17.7 Å². The fraction of sp³-hybridized carbons (Fsp3) is 0.643. The second kappa shape index (κ2) is 6.83. The van der Waals surface area contributed by atoms with Crippen molar-refractivity contribution in [1.82, 2.24) is 9.88 Å². The Balaban J connectivity index is 1.97. The van der Waals surface area contributed by atoms with E-state index in [4.69, 9.17) is 0 Å². The number of halogens is 2. The number of anilines is 2. The van der Waals surface area contributed by atoms with E-state index < -0.39 is 11.6 Å². The van der Waals surface area contributed by atoms with Crippen molar-refractivity contribution in [2.45, 2.75) is 20.3 Å². The number of nitrogens with zero attached hydrogens (tertiary/aromatic N) is 2. The van der Waals surface area contributed by atoms with Crippen molar-refractivity contribution in [3.63, 3.8) is 0 Å². The minimum Gasteiger partial charge on any atom is -0.368 e. The van der Waals surface area contributed by atoms with E-state index in [0.29, 0.717) is 19.0 Å². The Morgan fingerprint density at radius 3 is 2.55 bits per heavy atom. The maximum atomic E-state index is 13.7. The molecule has 0 radical (unpaired) electrons. The number of pyridine rings is 1. The molecule has 0 aliphatic carbocycles. The zero-order valence-corrected chi connectivity index (χ0v) is 12.0. The second-order valence-corrected chi connectivity index (χ2v) is 5.11. The van der Waals surface area contributed by atoms with Gasteiger partial charge in [0.2, 0.25) is 0 Å². The van der Waals surface area contributed by atoms with Gasteiger partial charge in [0.1, 0.15) is 0 Å². The monoisotopic (exact) mass is 284 g/mol. The molecule has 0 spiro atoms. The molecular weight excluding hydrogens is 262 g/mol. The zero-order chi connectivity index (χ0) is 14.5. The molecule has 20 heavy (non-hydrogen) atoms. The Kier molecular flexibility index (Phi) is 5.11. The van der Waals surface area contributed by atoms with Crippen LogP contribution in [0.15, 0.2) is 6.07 Å². The van der Waals surface area contributed by atoms with Crippen molar-refractivity contribution in [2.24, 2.45) is 5.92 Å². The van der Waals surface area contributed by atoms with E-state index in [1.54, 1.807) is 0 Å². The van der Waals surface area contributed by atoms with Gasteiger partial charge in [-0.2, -0.15) is 0 Å². The first-order valence-corrected chi connectivity index (χ1v) is 7.20. The number of rotatable bonds is 6.